The Labute approximate surface area is 105 Å². The number of rotatable bonds is 4. The van der Waals surface area contributed by atoms with Gasteiger partial charge >= 0.3 is 0 Å². The normalized spacial score (nSPS) is 10.7. The van der Waals surface area contributed by atoms with Crippen molar-refractivity contribution in [1.29, 1.82) is 0 Å². The van der Waals surface area contributed by atoms with Gasteiger partial charge in [-0.1, -0.05) is 37.1 Å². The zero-order valence-electron chi connectivity index (χ0n) is 9.72. The zero-order chi connectivity index (χ0) is 12.3. The standard InChI is InChI=1S/C13H15ClN2O/c1-2-3-7-15-13(17)11-8-9-5-4-6-10(14)12(9)16-11/h4-6,8,16H,2-3,7H2,1H3,(H,15,17). The molecule has 0 aliphatic rings. The van der Waals surface area contributed by atoms with E-state index in [1.54, 1.807) is 6.07 Å². The lowest BCUT2D eigenvalue weighted by Gasteiger charge is -2.01. The van der Waals surface area contributed by atoms with Crippen LogP contribution in [-0.4, -0.2) is 17.4 Å². The molecule has 0 unspecified atom stereocenters. The van der Waals surface area contributed by atoms with E-state index in [9.17, 15) is 4.79 Å². The van der Waals surface area contributed by atoms with Crippen LogP contribution in [0, 0.1) is 0 Å². The third-order valence-electron chi connectivity index (χ3n) is 2.67. The van der Waals surface area contributed by atoms with Gasteiger partial charge in [0, 0.05) is 11.9 Å². The molecule has 0 spiro atoms. The maximum Gasteiger partial charge on any atom is 0.267 e. The van der Waals surface area contributed by atoms with E-state index >= 15 is 0 Å². The number of aromatic nitrogens is 1. The molecule has 0 fully saturated rings. The third-order valence-corrected chi connectivity index (χ3v) is 2.98. The van der Waals surface area contributed by atoms with E-state index in [2.05, 4.69) is 17.2 Å². The number of hydrogen-bond donors (Lipinski definition) is 2. The lowest BCUT2D eigenvalue weighted by Crippen LogP contribution is -2.24. The largest absolute Gasteiger partial charge is 0.351 e. The van der Waals surface area contributed by atoms with Crippen molar-refractivity contribution in [3.05, 3.63) is 35.0 Å². The van der Waals surface area contributed by atoms with Crippen molar-refractivity contribution in [2.75, 3.05) is 6.54 Å². The maximum atomic E-state index is 11.8. The molecule has 2 aromatic rings. The number of fused-ring (bicyclic) bond motifs is 1. The predicted octanol–water partition coefficient (Wildman–Crippen LogP) is 3.35. The molecule has 0 aliphatic heterocycles. The summed E-state index contributed by atoms with van der Waals surface area (Å²) in [5.41, 5.74) is 1.37. The molecule has 0 saturated heterocycles. The highest BCUT2D eigenvalue weighted by Gasteiger charge is 2.09. The van der Waals surface area contributed by atoms with E-state index in [0.717, 1.165) is 23.7 Å². The predicted molar refractivity (Wildman–Crippen MR) is 70.5 cm³/mol. The zero-order valence-corrected chi connectivity index (χ0v) is 10.5. The summed E-state index contributed by atoms with van der Waals surface area (Å²) in [7, 11) is 0. The molecule has 0 radical (unpaired) electrons. The molecule has 1 aromatic carbocycles. The van der Waals surface area contributed by atoms with Gasteiger partial charge in [0.15, 0.2) is 0 Å². The van der Waals surface area contributed by atoms with Crippen LogP contribution in [0.25, 0.3) is 10.9 Å². The molecule has 17 heavy (non-hydrogen) atoms. The van der Waals surface area contributed by atoms with Gasteiger partial charge in [-0.2, -0.15) is 0 Å². The summed E-state index contributed by atoms with van der Waals surface area (Å²) < 4.78 is 0. The summed E-state index contributed by atoms with van der Waals surface area (Å²) in [6.45, 7) is 2.80. The fraction of sp³-hybridized carbons (Fsp3) is 0.308. The second kappa shape index (κ2) is 5.23. The average molecular weight is 251 g/mol. The van der Waals surface area contributed by atoms with Crippen molar-refractivity contribution in [2.45, 2.75) is 19.8 Å². The molecule has 0 saturated carbocycles. The first-order valence-electron chi connectivity index (χ1n) is 5.78. The number of H-pyrrole nitrogens is 1. The molecular weight excluding hydrogens is 236 g/mol. The van der Waals surface area contributed by atoms with Crippen LogP contribution in [0.1, 0.15) is 30.3 Å². The molecule has 1 amide bonds. The lowest BCUT2D eigenvalue weighted by atomic mass is 10.2. The number of carbonyl (C=O) groups is 1. The summed E-state index contributed by atoms with van der Waals surface area (Å²) >= 11 is 6.04. The van der Waals surface area contributed by atoms with Crippen LogP contribution in [0.4, 0.5) is 0 Å². The van der Waals surface area contributed by atoms with Crippen LogP contribution >= 0.6 is 11.6 Å². The Bertz CT molecular complexity index is 533. The lowest BCUT2D eigenvalue weighted by molar-refractivity contribution is 0.0949. The van der Waals surface area contributed by atoms with Crippen molar-refractivity contribution in [2.24, 2.45) is 0 Å². The number of nitrogens with one attached hydrogen (secondary N) is 2. The molecule has 1 heterocycles. The van der Waals surface area contributed by atoms with E-state index in [0.29, 0.717) is 17.3 Å². The van der Waals surface area contributed by atoms with Gasteiger partial charge in [0.05, 0.1) is 10.5 Å². The van der Waals surface area contributed by atoms with Crippen LogP contribution in [0.2, 0.25) is 5.02 Å². The molecule has 90 valence electrons. The SMILES string of the molecule is CCCCNC(=O)c1cc2cccc(Cl)c2[nH]1. The smallest absolute Gasteiger partial charge is 0.267 e. The van der Waals surface area contributed by atoms with Crippen molar-refractivity contribution in [1.82, 2.24) is 10.3 Å². The second-order valence-electron chi connectivity index (χ2n) is 4.00. The van der Waals surface area contributed by atoms with Gasteiger partial charge in [-0.25, -0.2) is 0 Å². The highest BCUT2D eigenvalue weighted by molar-refractivity contribution is 6.35. The number of para-hydroxylation sites is 1. The van der Waals surface area contributed by atoms with E-state index in [1.807, 2.05) is 18.2 Å². The van der Waals surface area contributed by atoms with Gasteiger partial charge in [0.1, 0.15) is 5.69 Å². The summed E-state index contributed by atoms with van der Waals surface area (Å²) in [4.78, 5) is 14.9. The summed E-state index contributed by atoms with van der Waals surface area (Å²) in [5, 5.41) is 4.46. The highest BCUT2D eigenvalue weighted by Crippen LogP contribution is 2.23. The summed E-state index contributed by atoms with van der Waals surface area (Å²) in [5.74, 6) is -0.0780. The average Bonchev–Trinajstić information content (AvgIpc) is 2.75. The number of aromatic amines is 1. The first kappa shape index (κ1) is 12.0. The fourth-order valence-corrected chi connectivity index (χ4v) is 1.94. The van der Waals surface area contributed by atoms with Crippen molar-refractivity contribution < 1.29 is 4.79 Å². The highest BCUT2D eigenvalue weighted by atomic mass is 35.5. The van der Waals surface area contributed by atoms with E-state index in [4.69, 9.17) is 11.6 Å². The Morgan fingerprint density at radius 1 is 1.47 bits per heavy atom. The number of hydrogen-bond acceptors (Lipinski definition) is 1. The minimum Gasteiger partial charge on any atom is -0.351 e. The molecule has 1 aromatic heterocycles. The number of benzene rings is 1. The van der Waals surface area contributed by atoms with Gasteiger partial charge in [0.2, 0.25) is 0 Å². The Kier molecular flexibility index (Phi) is 3.69. The minimum absolute atomic E-state index is 0.0780. The minimum atomic E-state index is -0.0780. The maximum absolute atomic E-state index is 11.8. The third kappa shape index (κ3) is 2.61. The molecule has 0 atom stereocenters. The van der Waals surface area contributed by atoms with Gasteiger partial charge < -0.3 is 10.3 Å². The van der Waals surface area contributed by atoms with Crippen LogP contribution in [0.15, 0.2) is 24.3 Å². The van der Waals surface area contributed by atoms with Gasteiger partial charge in [0.25, 0.3) is 5.91 Å². The molecule has 2 rings (SSSR count). The molecule has 0 bridgehead atoms. The Hall–Kier alpha value is -1.48. The first-order valence-corrected chi connectivity index (χ1v) is 6.15. The second-order valence-corrected chi connectivity index (χ2v) is 4.40. The van der Waals surface area contributed by atoms with Crippen molar-refractivity contribution >= 4 is 28.4 Å². The van der Waals surface area contributed by atoms with Crippen LogP contribution in [-0.2, 0) is 0 Å². The van der Waals surface area contributed by atoms with E-state index in [1.165, 1.54) is 0 Å². The van der Waals surface area contributed by atoms with Gasteiger partial charge in [-0.3, -0.25) is 4.79 Å². The van der Waals surface area contributed by atoms with Gasteiger partial charge in [-0.05, 0) is 18.6 Å². The first-order chi connectivity index (χ1) is 8.22. The number of carbonyl (C=O) groups excluding carboxylic acids is 1. The van der Waals surface area contributed by atoms with Crippen molar-refractivity contribution in [3.8, 4) is 0 Å². The Morgan fingerprint density at radius 3 is 3.00 bits per heavy atom. The fourth-order valence-electron chi connectivity index (χ4n) is 1.72. The Balaban J connectivity index is 2.19. The number of unbranched alkanes of at least 4 members (excludes halogenated alkanes) is 1. The quantitative estimate of drug-likeness (QED) is 0.803. The topological polar surface area (TPSA) is 44.9 Å². The van der Waals surface area contributed by atoms with E-state index in [-0.39, 0.29) is 5.91 Å². The molecular formula is C13H15ClN2O. The Morgan fingerprint density at radius 2 is 2.29 bits per heavy atom. The molecule has 4 heteroatoms. The van der Waals surface area contributed by atoms with Gasteiger partial charge in [-0.15, -0.1) is 0 Å². The summed E-state index contributed by atoms with van der Waals surface area (Å²) in [6.07, 6.45) is 2.06. The number of amides is 1. The van der Waals surface area contributed by atoms with Crippen molar-refractivity contribution in [3.63, 3.8) is 0 Å². The molecule has 3 nitrogen and oxygen atoms in total. The summed E-state index contributed by atoms with van der Waals surface area (Å²) in [6, 6.07) is 7.43. The molecule has 0 aliphatic carbocycles. The molecule has 2 N–H and O–H groups in total. The monoisotopic (exact) mass is 250 g/mol. The van der Waals surface area contributed by atoms with Crippen LogP contribution in [0.5, 0.6) is 0 Å². The van der Waals surface area contributed by atoms with E-state index < -0.39 is 0 Å². The van der Waals surface area contributed by atoms with Crippen LogP contribution < -0.4 is 5.32 Å². The van der Waals surface area contributed by atoms with Crippen LogP contribution in [0.3, 0.4) is 0 Å². The number of halogens is 1.